The summed E-state index contributed by atoms with van der Waals surface area (Å²) < 4.78 is 13.8. The van der Waals surface area contributed by atoms with Crippen LogP contribution < -0.4 is 10.2 Å². The van der Waals surface area contributed by atoms with Crippen LogP contribution in [0.15, 0.2) is 29.6 Å². The summed E-state index contributed by atoms with van der Waals surface area (Å²) in [7, 11) is 0. The van der Waals surface area contributed by atoms with E-state index >= 15 is 0 Å². The highest BCUT2D eigenvalue weighted by Gasteiger charge is 2.14. The van der Waals surface area contributed by atoms with Crippen LogP contribution >= 0.6 is 11.3 Å². The molecule has 0 unspecified atom stereocenters. The molecule has 1 N–H and O–H groups in total. The molecule has 19 heavy (non-hydrogen) atoms. The zero-order chi connectivity index (χ0) is 13.7. The van der Waals surface area contributed by atoms with Gasteiger partial charge in [0, 0.05) is 18.5 Å². The summed E-state index contributed by atoms with van der Waals surface area (Å²) >= 11 is 1.54. The van der Waals surface area contributed by atoms with Crippen LogP contribution in [0.4, 0.5) is 15.2 Å². The lowest BCUT2D eigenvalue weighted by molar-refractivity contribution is 0.625. The second-order valence-electron chi connectivity index (χ2n) is 4.10. The molecule has 1 aromatic heterocycles. The van der Waals surface area contributed by atoms with E-state index in [2.05, 4.69) is 17.2 Å². The second-order valence-corrected chi connectivity index (χ2v) is 4.93. The van der Waals surface area contributed by atoms with Crippen molar-refractivity contribution < 1.29 is 4.39 Å². The molecule has 0 saturated carbocycles. The van der Waals surface area contributed by atoms with Gasteiger partial charge in [-0.2, -0.15) is 0 Å². The van der Waals surface area contributed by atoms with Crippen molar-refractivity contribution in [3.8, 4) is 0 Å². The molecular weight excluding hydrogens is 261 g/mol. The van der Waals surface area contributed by atoms with Crippen molar-refractivity contribution in [1.29, 1.82) is 0 Å². The summed E-state index contributed by atoms with van der Waals surface area (Å²) in [4.78, 5) is 6.45. The van der Waals surface area contributed by atoms with Crippen molar-refractivity contribution in [3.05, 3.63) is 41.2 Å². The number of rotatable bonds is 6. The molecule has 5 heteroatoms. The van der Waals surface area contributed by atoms with E-state index in [0.717, 1.165) is 23.9 Å². The third kappa shape index (κ3) is 3.30. The van der Waals surface area contributed by atoms with Gasteiger partial charge in [-0.15, -0.1) is 11.3 Å². The maximum Gasteiger partial charge on any atom is 0.190 e. The monoisotopic (exact) mass is 279 g/mol. The van der Waals surface area contributed by atoms with Crippen LogP contribution in [0.1, 0.15) is 19.5 Å². The first kappa shape index (κ1) is 14.0. The molecule has 0 radical (unpaired) electrons. The molecule has 0 amide bonds. The zero-order valence-corrected chi connectivity index (χ0v) is 12.0. The molecule has 102 valence electrons. The predicted octanol–water partition coefficient (Wildman–Crippen LogP) is 3.55. The summed E-state index contributed by atoms with van der Waals surface area (Å²) in [5.41, 5.74) is 1.57. The summed E-state index contributed by atoms with van der Waals surface area (Å²) in [5, 5.41) is 6.09. The lowest BCUT2D eigenvalue weighted by atomic mass is 10.3. The fourth-order valence-corrected chi connectivity index (χ4v) is 2.74. The van der Waals surface area contributed by atoms with Crippen molar-refractivity contribution in [2.45, 2.75) is 20.4 Å². The number of hydrogen-bond donors (Lipinski definition) is 1. The van der Waals surface area contributed by atoms with Crippen molar-refractivity contribution >= 4 is 22.2 Å². The average molecular weight is 279 g/mol. The Balaban J connectivity index is 2.22. The normalized spacial score (nSPS) is 10.7. The van der Waals surface area contributed by atoms with Gasteiger partial charge >= 0.3 is 0 Å². The largest absolute Gasteiger partial charge is 0.315 e. The first-order valence-electron chi connectivity index (χ1n) is 6.43. The zero-order valence-electron chi connectivity index (χ0n) is 11.2. The van der Waals surface area contributed by atoms with Gasteiger partial charge in [0.25, 0.3) is 0 Å². The first-order valence-corrected chi connectivity index (χ1v) is 7.31. The number of para-hydroxylation sites is 1. The van der Waals surface area contributed by atoms with Gasteiger partial charge in [0.05, 0.1) is 11.4 Å². The Morgan fingerprint density at radius 2 is 2.11 bits per heavy atom. The van der Waals surface area contributed by atoms with Crippen LogP contribution in [0.5, 0.6) is 0 Å². The van der Waals surface area contributed by atoms with E-state index in [-0.39, 0.29) is 5.82 Å². The van der Waals surface area contributed by atoms with Gasteiger partial charge in [-0.25, -0.2) is 9.37 Å². The van der Waals surface area contributed by atoms with Crippen LogP contribution in [0.3, 0.4) is 0 Å². The third-order valence-corrected chi connectivity index (χ3v) is 3.70. The summed E-state index contributed by atoms with van der Waals surface area (Å²) in [6.45, 7) is 6.41. The Hall–Kier alpha value is -1.46. The van der Waals surface area contributed by atoms with Gasteiger partial charge in [0.2, 0.25) is 0 Å². The van der Waals surface area contributed by atoms with Gasteiger partial charge in [-0.3, -0.25) is 0 Å². The highest BCUT2D eigenvalue weighted by Crippen LogP contribution is 2.29. The van der Waals surface area contributed by atoms with Crippen molar-refractivity contribution in [3.63, 3.8) is 0 Å². The summed E-state index contributed by atoms with van der Waals surface area (Å²) in [6, 6.07) is 6.80. The number of aromatic nitrogens is 1. The Bertz CT molecular complexity index is 527. The molecule has 3 nitrogen and oxygen atoms in total. The maximum absolute atomic E-state index is 13.8. The number of nitrogens with zero attached hydrogens (tertiary/aromatic N) is 2. The quantitative estimate of drug-likeness (QED) is 0.876. The minimum absolute atomic E-state index is 0.215. The number of hydrogen-bond acceptors (Lipinski definition) is 4. The Kier molecular flexibility index (Phi) is 4.87. The van der Waals surface area contributed by atoms with Crippen molar-refractivity contribution in [1.82, 2.24) is 10.3 Å². The van der Waals surface area contributed by atoms with Crippen LogP contribution in [-0.4, -0.2) is 18.1 Å². The van der Waals surface area contributed by atoms with E-state index in [4.69, 9.17) is 0 Å². The smallest absolute Gasteiger partial charge is 0.190 e. The van der Waals surface area contributed by atoms with Crippen molar-refractivity contribution in [2.75, 3.05) is 18.0 Å². The lowest BCUT2D eigenvalue weighted by Gasteiger charge is -2.20. The lowest BCUT2D eigenvalue weighted by Crippen LogP contribution is -2.17. The fraction of sp³-hybridized carbons (Fsp3) is 0.357. The average Bonchev–Trinajstić information content (AvgIpc) is 2.88. The fourth-order valence-electron chi connectivity index (χ4n) is 1.83. The second kappa shape index (κ2) is 6.63. The first-order chi connectivity index (χ1) is 9.26. The molecule has 0 bridgehead atoms. The molecule has 0 fully saturated rings. The number of anilines is 2. The van der Waals surface area contributed by atoms with Gasteiger partial charge < -0.3 is 10.2 Å². The molecule has 1 aromatic carbocycles. The molecule has 0 saturated heterocycles. The van der Waals surface area contributed by atoms with Crippen LogP contribution in [0.25, 0.3) is 0 Å². The van der Waals surface area contributed by atoms with Crippen LogP contribution in [0.2, 0.25) is 0 Å². The van der Waals surface area contributed by atoms with E-state index in [0.29, 0.717) is 12.2 Å². The number of benzene rings is 1. The Labute approximate surface area is 117 Å². The molecule has 0 aliphatic rings. The Morgan fingerprint density at radius 1 is 1.32 bits per heavy atom. The maximum atomic E-state index is 13.8. The molecule has 1 heterocycles. The summed E-state index contributed by atoms with van der Waals surface area (Å²) in [6.07, 6.45) is 0. The number of thiazole rings is 1. The third-order valence-electron chi connectivity index (χ3n) is 2.79. The predicted molar refractivity (Wildman–Crippen MR) is 78.6 cm³/mol. The van der Waals surface area contributed by atoms with Gasteiger partial charge in [-0.1, -0.05) is 19.1 Å². The van der Waals surface area contributed by atoms with E-state index < -0.39 is 0 Å². The Morgan fingerprint density at radius 3 is 2.79 bits per heavy atom. The van der Waals surface area contributed by atoms with Gasteiger partial charge in [0.1, 0.15) is 5.82 Å². The highest BCUT2D eigenvalue weighted by molar-refractivity contribution is 7.13. The molecule has 0 atom stereocenters. The minimum Gasteiger partial charge on any atom is -0.315 e. The van der Waals surface area contributed by atoms with Crippen molar-refractivity contribution in [2.24, 2.45) is 0 Å². The van der Waals surface area contributed by atoms with E-state index in [1.165, 1.54) is 6.07 Å². The highest BCUT2D eigenvalue weighted by atomic mass is 32.1. The van der Waals surface area contributed by atoms with Crippen LogP contribution in [0, 0.1) is 5.82 Å². The molecule has 0 aliphatic carbocycles. The molecule has 2 aromatic rings. The van der Waals surface area contributed by atoms with E-state index in [1.807, 2.05) is 23.3 Å². The molecule has 0 aliphatic heterocycles. The van der Waals surface area contributed by atoms with Gasteiger partial charge in [0.15, 0.2) is 5.13 Å². The molecule has 0 spiro atoms. The molecule has 2 rings (SSSR count). The number of halogens is 1. The summed E-state index contributed by atoms with van der Waals surface area (Å²) in [5.74, 6) is -0.215. The van der Waals surface area contributed by atoms with Crippen LogP contribution in [-0.2, 0) is 6.54 Å². The topological polar surface area (TPSA) is 28.2 Å². The molecular formula is C14H18FN3S. The minimum atomic E-state index is -0.215. The standard InChI is InChI=1S/C14H18FN3S/c1-3-16-9-11-10-19-14(17-11)18(4-2)13-8-6-5-7-12(13)15/h5-8,10,16H,3-4,9H2,1-2H3. The van der Waals surface area contributed by atoms with E-state index in [9.17, 15) is 4.39 Å². The number of nitrogens with one attached hydrogen (secondary N) is 1. The van der Waals surface area contributed by atoms with Gasteiger partial charge in [-0.05, 0) is 25.6 Å². The SMILES string of the molecule is CCNCc1csc(N(CC)c2ccccc2F)n1. The van der Waals surface area contributed by atoms with E-state index in [1.54, 1.807) is 23.5 Å².